The van der Waals surface area contributed by atoms with Gasteiger partial charge >= 0.3 is 0 Å². The van der Waals surface area contributed by atoms with Gasteiger partial charge in [0.1, 0.15) is 12.1 Å². The Labute approximate surface area is 235 Å². The first-order valence-electron chi connectivity index (χ1n) is 15.9. The van der Waals surface area contributed by atoms with E-state index in [4.69, 9.17) is 0 Å². The van der Waals surface area contributed by atoms with E-state index in [0.29, 0.717) is 42.3 Å². The van der Waals surface area contributed by atoms with Gasteiger partial charge in [0.2, 0.25) is 5.91 Å². The first-order chi connectivity index (χ1) is 18.8. The molecular weight excluding hydrogens is 484 g/mol. The molecular formula is C34H50N2O3. The van der Waals surface area contributed by atoms with Crippen LogP contribution in [0.25, 0.3) is 0 Å². The van der Waals surface area contributed by atoms with E-state index >= 15 is 0 Å². The highest BCUT2D eigenvalue weighted by Crippen LogP contribution is 2.57. The van der Waals surface area contributed by atoms with Crippen LogP contribution in [0, 0.1) is 35.5 Å². The number of fused-ring (bicyclic) bond motifs is 3. The number of ketones is 1. The summed E-state index contributed by atoms with van der Waals surface area (Å²) < 4.78 is 0. The van der Waals surface area contributed by atoms with Gasteiger partial charge in [-0.25, -0.2) is 0 Å². The molecule has 0 radical (unpaired) electrons. The van der Waals surface area contributed by atoms with Crippen LogP contribution in [0.5, 0.6) is 0 Å². The SMILES string of the molecule is CCCC1=C(\N(C(C)=O)C2C3CC(C(=O)CCCCC=O)CC4CC2C[C@@H]4C3)C2C=CNC2(C)CC\C(C)=C\1. The summed E-state index contributed by atoms with van der Waals surface area (Å²) in [7, 11) is 0. The monoisotopic (exact) mass is 534 g/mol. The van der Waals surface area contributed by atoms with Crippen LogP contribution in [-0.4, -0.2) is 34.5 Å². The molecule has 1 amide bonds. The van der Waals surface area contributed by atoms with E-state index in [1.165, 1.54) is 23.3 Å². The molecule has 0 aromatic rings. The lowest BCUT2D eigenvalue weighted by molar-refractivity contribution is -0.133. The van der Waals surface area contributed by atoms with Crippen LogP contribution in [-0.2, 0) is 14.4 Å². The van der Waals surface area contributed by atoms with E-state index in [0.717, 1.165) is 70.5 Å². The number of nitrogens with zero attached hydrogens (tertiary/aromatic N) is 1. The maximum atomic E-state index is 13.9. The quantitative estimate of drug-likeness (QED) is 0.245. The normalized spacial score (nSPS) is 40.1. The summed E-state index contributed by atoms with van der Waals surface area (Å²) in [5.41, 5.74) is 3.88. The Hall–Kier alpha value is -2.17. The molecule has 1 N–H and O–H groups in total. The van der Waals surface area contributed by atoms with Gasteiger partial charge in [0.25, 0.3) is 0 Å². The van der Waals surface area contributed by atoms with Crippen molar-refractivity contribution in [3.05, 3.63) is 35.2 Å². The number of carbonyl (C=O) groups is 3. The molecule has 0 spiro atoms. The van der Waals surface area contributed by atoms with E-state index in [2.05, 4.69) is 49.3 Å². The van der Waals surface area contributed by atoms with E-state index in [-0.39, 0.29) is 29.3 Å². The van der Waals surface area contributed by atoms with Crippen molar-refractivity contribution in [2.24, 2.45) is 35.5 Å². The molecule has 1 aliphatic heterocycles. The number of Topliss-reactive ketones (excluding diaryl/α,β-unsaturated/α-hetero) is 1. The summed E-state index contributed by atoms with van der Waals surface area (Å²) in [5, 5.41) is 3.69. The second-order valence-electron chi connectivity index (χ2n) is 13.7. The molecule has 3 saturated carbocycles. The molecule has 3 fully saturated rings. The third-order valence-corrected chi connectivity index (χ3v) is 11.0. The predicted octanol–water partition coefficient (Wildman–Crippen LogP) is 6.89. The molecule has 4 aliphatic carbocycles. The van der Waals surface area contributed by atoms with Crippen LogP contribution in [0.15, 0.2) is 35.2 Å². The molecule has 5 rings (SSSR count). The summed E-state index contributed by atoms with van der Waals surface area (Å²) in [4.78, 5) is 40.3. The molecule has 39 heavy (non-hydrogen) atoms. The lowest BCUT2D eigenvalue weighted by atomic mass is 9.70. The maximum absolute atomic E-state index is 13.9. The van der Waals surface area contributed by atoms with Crippen molar-refractivity contribution in [3.8, 4) is 0 Å². The van der Waals surface area contributed by atoms with Crippen molar-refractivity contribution in [2.45, 2.75) is 123 Å². The molecule has 3 bridgehead atoms. The van der Waals surface area contributed by atoms with Gasteiger partial charge in [-0.05, 0) is 114 Å². The van der Waals surface area contributed by atoms with Gasteiger partial charge in [0.15, 0.2) is 0 Å². The minimum Gasteiger partial charge on any atom is -0.385 e. The average molecular weight is 535 g/mol. The fourth-order valence-corrected chi connectivity index (χ4v) is 9.18. The number of allylic oxidation sites excluding steroid dienone is 3. The van der Waals surface area contributed by atoms with Crippen LogP contribution < -0.4 is 5.32 Å². The number of aldehydes is 1. The first kappa shape index (κ1) is 28.4. The molecule has 0 aromatic heterocycles. The predicted molar refractivity (Wildman–Crippen MR) is 155 cm³/mol. The van der Waals surface area contributed by atoms with Crippen molar-refractivity contribution in [1.82, 2.24) is 10.2 Å². The zero-order chi connectivity index (χ0) is 27.7. The van der Waals surface area contributed by atoms with E-state index in [9.17, 15) is 14.4 Å². The van der Waals surface area contributed by atoms with Crippen molar-refractivity contribution in [3.63, 3.8) is 0 Å². The van der Waals surface area contributed by atoms with Gasteiger partial charge in [-0.2, -0.15) is 0 Å². The lowest BCUT2D eigenvalue weighted by Gasteiger charge is -2.48. The summed E-state index contributed by atoms with van der Waals surface area (Å²) in [6.07, 6.45) is 20.2. The van der Waals surface area contributed by atoms with Gasteiger partial charge < -0.3 is 15.0 Å². The fraction of sp³-hybridized carbons (Fsp3) is 0.735. The highest BCUT2D eigenvalue weighted by atomic mass is 16.2. The smallest absolute Gasteiger partial charge is 0.223 e. The molecule has 5 aliphatic rings. The first-order valence-corrected chi connectivity index (χ1v) is 15.9. The Balaban J connectivity index is 1.52. The summed E-state index contributed by atoms with van der Waals surface area (Å²) in [6.45, 7) is 8.61. The van der Waals surface area contributed by atoms with E-state index in [1.807, 2.05) is 0 Å². The third kappa shape index (κ3) is 5.57. The number of nitrogens with one attached hydrogen (secondary N) is 1. The molecule has 7 unspecified atom stereocenters. The standard InChI is InChI=1S/C34H50N2O3/c1-5-9-24-16-22(2)11-13-34(4)30(12-14-35-34)33(24)36(23(3)38)32-28-18-25-17-27(21-29(32)20-26(25)19-28)31(39)10-7-6-8-15-37/h12,14-16,25-30,32,35H,5-11,13,17-21H2,1-4H3/b22-16+,33-24+/t25?,26-,27?,28?,29?,30?,32?,34?/m1/s1. The third-order valence-electron chi connectivity index (χ3n) is 11.0. The molecule has 0 aromatic carbocycles. The Bertz CT molecular complexity index is 1060. The number of amides is 1. The zero-order valence-electron chi connectivity index (χ0n) is 24.7. The molecule has 0 saturated heterocycles. The molecule has 8 atom stereocenters. The van der Waals surface area contributed by atoms with Gasteiger partial charge in [0.05, 0.1) is 0 Å². The number of hydrogen-bond donors (Lipinski definition) is 1. The molecule has 214 valence electrons. The Morgan fingerprint density at radius 3 is 2.46 bits per heavy atom. The number of hydrogen-bond acceptors (Lipinski definition) is 4. The number of rotatable bonds is 10. The van der Waals surface area contributed by atoms with E-state index in [1.54, 1.807) is 6.92 Å². The van der Waals surface area contributed by atoms with Crippen LogP contribution in [0.2, 0.25) is 0 Å². The largest absolute Gasteiger partial charge is 0.385 e. The van der Waals surface area contributed by atoms with Gasteiger partial charge in [-0.3, -0.25) is 9.59 Å². The average Bonchev–Trinajstić information content (AvgIpc) is 3.38. The van der Waals surface area contributed by atoms with Crippen molar-refractivity contribution >= 4 is 18.0 Å². The Morgan fingerprint density at radius 2 is 1.77 bits per heavy atom. The lowest BCUT2D eigenvalue weighted by Crippen LogP contribution is -2.54. The van der Waals surface area contributed by atoms with Gasteiger partial charge in [-0.15, -0.1) is 0 Å². The highest BCUT2D eigenvalue weighted by molar-refractivity contribution is 5.81. The second kappa shape index (κ2) is 11.7. The maximum Gasteiger partial charge on any atom is 0.223 e. The Morgan fingerprint density at radius 1 is 1.08 bits per heavy atom. The minimum atomic E-state index is -0.0977. The summed E-state index contributed by atoms with van der Waals surface area (Å²) >= 11 is 0. The van der Waals surface area contributed by atoms with E-state index < -0.39 is 0 Å². The topological polar surface area (TPSA) is 66.5 Å². The van der Waals surface area contributed by atoms with Crippen molar-refractivity contribution in [1.29, 1.82) is 0 Å². The minimum absolute atomic E-state index is 0.0977. The van der Waals surface area contributed by atoms with Gasteiger partial charge in [-0.1, -0.05) is 31.1 Å². The molecule has 5 nitrogen and oxygen atoms in total. The summed E-state index contributed by atoms with van der Waals surface area (Å²) in [5.74, 6) is 3.08. The van der Waals surface area contributed by atoms with Gasteiger partial charge in [0, 0.05) is 48.9 Å². The van der Waals surface area contributed by atoms with Crippen LogP contribution in [0.3, 0.4) is 0 Å². The number of carbonyl (C=O) groups excluding carboxylic acids is 3. The number of unbranched alkanes of at least 4 members (excludes halogenated alkanes) is 2. The molecule has 1 heterocycles. The highest BCUT2D eigenvalue weighted by Gasteiger charge is 2.54. The Kier molecular flexibility index (Phi) is 8.54. The summed E-state index contributed by atoms with van der Waals surface area (Å²) in [6, 6.07) is 0.183. The van der Waals surface area contributed by atoms with Crippen molar-refractivity contribution < 1.29 is 14.4 Å². The fourth-order valence-electron chi connectivity index (χ4n) is 9.18. The molecule has 5 heteroatoms. The van der Waals surface area contributed by atoms with Crippen LogP contribution in [0.4, 0.5) is 0 Å². The zero-order valence-corrected chi connectivity index (χ0v) is 24.7. The van der Waals surface area contributed by atoms with Crippen LogP contribution >= 0.6 is 0 Å². The second-order valence-corrected chi connectivity index (χ2v) is 13.7. The van der Waals surface area contributed by atoms with Crippen molar-refractivity contribution in [2.75, 3.05) is 0 Å². The van der Waals surface area contributed by atoms with Crippen LogP contribution in [0.1, 0.15) is 111 Å².